The fourth-order valence-electron chi connectivity index (χ4n) is 2.65. The zero-order valence-electron chi connectivity index (χ0n) is 8.05. The van der Waals surface area contributed by atoms with Gasteiger partial charge in [-0.1, -0.05) is 6.07 Å². The molecule has 0 bridgehead atoms. The number of halogens is 1. The van der Waals surface area contributed by atoms with Crippen molar-refractivity contribution >= 4 is 0 Å². The highest BCUT2D eigenvalue weighted by Gasteiger charge is 2.43. The van der Waals surface area contributed by atoms with Crippen molar-refractivity contribution in [3.63, 3.8) is 0 Å². The number of ether oxygens (including phenoxy) is 1. The van der Waals surface area contributed by atoms with Gasteiger partial charge in [-0.15, -0.1) is 0 Å². The lowest BCUT2D eigenvalue weighted by Crippen LogP contribution is -2.43. The van der Waals surface area contributed by atoms with E-state index in [2.05, 4.69) is 0 Å². The van der Waals surface area contributed by atoms with Crippen molar-refractivity contribution in [2.24, 2.45) is 0 Å². The minimum Gasteiger partial charge on any atom is -0.370 e. The summed E-state index contributed by atoms with van der Waals surface area (Å²) in [5.41, 5.74) is 2.27. The van der Waals surface area contributed by atoms with Gasteiger partial charge in [-0.25, -0.2) is 4.39 Å². The first-order valence-corrected chi connectivity index (χ1v) is 5.23. The fraction of sp³-hybridized carbons (Fsp3) is 0.500. The van der Waals surface area contributed by atoms with E-state index in [9.17, 15) is 4.39 Å². The molecule has 1 saturated heterocycles. The first kappa shape index (κ1) is 8.42. The Morgan fingerprint density at radius 2 is 2.14 bits per heavy atom. The number of aryl methyl sites for hydroxylation is 1. The Labute approximate surface area is 82.9 Å². The van der Waals surface area contributed by atoms with Crippen LogP contribution < -0.4 is 0 Å². The van der Waals surface area contributed by atoms with E-state index in [0.717, 1.165) is 31.4 Å². The van der Waals surface area contributed by atoms with E-state index in [1.807, 2.05) is 6.07 Å². The third-order valence-corrected chi connectivity index (χ3v) is 3.47. The third-order valence-electron chi connectivity index (χ3n) is 3.47. The molecule has 14 heavy (non-hydrogen) atoms. The minimum atomic E-state index is -0.138. The molecular formula is C12H13FO. The lowest BCUT2D eigenvalue weighted by atomic mass is 9.75. The average molecular weight is 192 g/mol. The SMILES string of the molecule is Fc1ccc2c(c1)C1(CCC2)CCO1. The summed E-state index contributed by atoms with van der Waals surface area (Å²) in [5.74, 6) is -0.138. The van der Waals surface area contributed by atoms with Crippen LogP contribution in [0.3, 0.4) is 0 Å². The van der Waals surface area contributed by atoms with Crippen molar-refractivity contribution in [1.82, 2.24) is 0 Å². The number of rotatable bonds is 0. The van der Waals surface area contributed by atoms with Gasteiger partial charge in [0.25, 0.3) is 0 Å². The monoisotopic (exact) mass is 192 g/mol. The van der Waals surface area contributed by atoms with Crippen LogP contribution in [0.25, 0.3) is 0 Å². The molecule has 74 valence electrons. The van der Waals surface area contributed by atoms with Crippen molar-refractivity contribution in [1.29, 1.82) is 0 Å². The van der Waals surface area contributed by atoms with Crippen LogP contribution in [0.15, 0.2) is 18.2 Å². The van der Waals surface area contributed by atoms with Gasteiger partial charge in [-0.05, 0) is 42.5 Å². The van der Waals surface area contributed by atoms with Crippen molar-refractivity contribution in [3.8, 4) is 0 Å². The van der Waals surface area contributed by atoms with Gasteiger partial charge in [0.05, 0.1) is 12.2 Å². The summed E-state index contributed by atoms with van der Waals surface area (Å²) in [6, 6.07) is 5.12. The van der Waals surface area contributed by atoms with Crippen LogP contribution in [0.4, 0.5) is 4.39 Å². The summed E-state index contributed by atoms with van der Waals surface area (Å²) < 4.78 is 18.8. The first-order chi connectivity index (χ1) is 6.80. The van der Waals surface area contributed by atoms with E-state index in [0.29, 0.717) is 0 Å². The molecule has 1 nitrogen and oxygen atoms in total. The Kier molecular flexibility index (Phi) is 1.68. The molecule has 1 atom stereocenters. The van der Waals surface area contributed by atoms with Crippen LogP contribution >= 0.6 is 0 Å². The normalized spacial score (nSPS) is 29.8. The van der Waals surface area contributed by atoms with Crippen molar-refractivity contribution < 1.29 is 9.13 Å². The van der Waals surface area contributed by atoms with Crippen LogP contribution in [0.2, 0.25) is 0 Å². The third kappa shape index (κ3) is 1.04. The molecule has 0 N–H and O–H groups in total. The van der Waals surface area contributed by atoms with Gasteiger partial charge >= 0.3 is 0 Å². The maximum absolute atomic E-state index is 13.1. The van der Waals surface area contributed by atoms with Crippen molar-refractivity contribution in [3.05, 3.63) is 35.1 Å². The molecule has 0 aromatic heterocycles. The molecule has 1 aromatic rings. The number of benzene rings is 1. The minimum absolute atomic E-state index is 0.115. The van der Waals surface area contributed by atoms with Gasteiger partial charge in [0.1, 0.15) is 5.82 Å². The highest BCUT2D eigenvalue weighted by molar-refractivity contribution is 5.36. The maximum Gasteiger partial charge on any atom is 0.123 e. The quantitative estimate of drug-likeness (QED) is 0.614. The Hall–Kier alpha value is -0.890. The zero-order valence-corrected chi connectivity index (χ0v) is 8.05. The van der Waals surface area contributed by atoms with Crippen molar-refractivity contribution in [2.75, 3.05) is 6.61 Å². The number of hydrogen-bond donors (Lipinski definition) is 0. The van der Waals surface area contributed by atoms with Gasteiger partial charge in [-0.3, -0.25) is 0 Å². The predicted octanol–water partition coefficient (Wildman–Crippen LogP) is 2.78. The van der Waals surface area contributed by atoms with Crippen LogP contribution in [-0.4, -0.2) is 6.61 Å². The van der Waals surface area contributed by atoms with Gasteiger partial charge in [-0.2, -0.15) is 0 Å². The summed E-state index contributed by atoms with van der Waals surface area (Å²) in [4.78, 5) is 0. The molecule has 1 aliphatic carbocycles. The Balaban J connectivity index is 2.12. The molecular weight excluding hydrogens is 179 g/mol. The molecule has 1 aromatic carbocycles. The Morgan fingerprint density at radius 3 is 2.86 bits per heavy atom. The molecule has 1 spiro atoms. The summed E-state index contributed by atoms with van der Waals surface area (Å²) in [6.07, 6.45) is 4.35. The van der Waals surface area contributed by atoms with E-state index in [1.54, 1.807) is 12.1 Å². The molecule has 1 fully saturated rings. The molecule has 2 heteroatoms. The standard InChI is InChI=1S/C12H13FO/c13-10-4-3-9-2-1-5-12(6-7-14-12)11(9)8-10/h3-4,8H,1-2,5-7H2. The van der Waals surface area contributed by atoms with Gasteiger partial charge < -0.3 is 4.74 Å². The Morgan fingerprint density at radius 1 is 1.29 bits per heavy atom. The van der Waals surface area contributed by atoms with Crippen LogP contribution in [-0.2, 0) is 16.8 Å². The molecule has 1 aliphatic heterocycles. The van der Waals surface area contributed by atoms with E-state index in [1.165, 1.54) is 12.0 Å². The topological polar surface area (TPSA) is 9.23 Å². The molecule has 0 radical (unpaired) electrons. The van der Waals surface area contributed by atoms with E-state index in [-0.39, 0.29) is 11.4 Å². The second kappa shape index (κ2) is 2.80. The van der Waals surface area contributed by atoms with Crippen molar-refractivity contribution in [2.45, 2.75) is 31.3 Å². The molecule has 2 aliphatic rings. The summed E-state index contributed by atoms with van der Waals surface area (Å²) in [7, 11) is 0. The zero-order chi connectivity index (χ0) is 9.60. The molecule has 1 unspecified atom stereocenters. The highest BCUT2D eigenvalue weighted by atomic mass is 19.1. The lowest BCUT2D eigenvalue weighted by molar-refractivity contribution is -0.163. The number of fused-ring (bicyclic) bond motifs is 2. The van der Waals surface area contributed by atoms with Gasteiger partial charge in [0.15, 0.2) is 0 Å². The van der Waals surface area contributed by atoms with Crippen LogP contribution in [0, 0.1) is 5.82 Å². The molecule has 3 rings (SSSR count). The van der Waals surface area contributed by atoms with E-state index in [4.69, 9.17) is 4.74 Å². The average Bonchev–Trinajstić information content (AvgIpc) is 2.14. The second-order valence-electron chi connectivity index (χ2n) is 4.25. The van der Waals surface area contributed by atoms with Crippen LogP contribution in [0.5, 0.6) is 0 Å². The lowest BCUT2D eigenvalue weighted by Gasteiger charge is -2.46. The first-order valence-electron chi connectivity index (χ1n) is 5.23. The summed E-state index contributed by atoms with van der Waals surface area (Å²) in [5, 5.41) is 0. The second-order valence-corrected chi connectivity index (χ2v) is 4.25. The smallest absolute Gasteiger partial charge is 0.123 e. The summed E-state index contributed by atoms with van der Waals surface area (Å²) >= 11 is 0. The predicted molar refractivity (Wildman–Crippen MR) is 51.6 cm³/mol. The maximum atomic E-state index is 13.1. The number of hydrogen-bond acceptors (Lipinski definition) is 1. The van der Waals surface area contributed by atoms with E-state index >= 15 is 0 Å². The largest absolute Gasteiger partial charge is 0.370 e. The Bertz CT molecular complexity index is 369. The molecule has 0 saturated carbocycles. The van der Waals surface area contributed by atoms with Gasteiger partial charge in [0.2, 0.25) is 0 Å². The van der Waals surface area contributed by atoms with E-state index < -0.39 is 0 Å². The fourth-order valence-corrected chi connectivity index (χ4v) is 2.65. The molecule has 1 heterocycles. The molecule has 0 amide bonds. The van der Waals surface area contributed by atoms with Gasteiger partial charge in [0, 0.05) is 6.42 Å². The highest BCUT2D eigenvalue weighted by Crippen LogP contribution is 2.46. The summed E-state index contributed by atoms with van der Waals surface area (Å²) in [6.45, 7) is 0.829. The van der Waals surface area contributed by atoms with Crippen LogP contribution in [0.1, 0.15) is 30.4 Å².